The predicted molar refractivity (Wildman–Crippen MR) is 187 cm³/mol. The topological polar surface area (TPSA) is 172 Å². The first-order valence-corrected chi connectivity index (χ1v) is 19.7. The lowest BCUT2D eigenvalue weighted by Crippen LogP contribution is -2.40. The molecule has 2 aromatic heterocycles. The number of hydrogen-bond donors (Lipinski definition) is 1. The highest BCUT2D eigenvalue weighted by Crippen LogP contribution is 2.68. The molecule has 7 atom stereocenters. The van der Waals surface area contributed by atoms with E-state index in [-0.39, 0.29) is 56.0 Å². The molecule has 15 nitrogen and oxygen atoms in total. The molecule has 1 aliphatic heterocycles. The minimum absolute atomic E-state index is 0.0596. The van der Waals surface area contributed by atoms with Crippen LogP contribution in [0, 0.1) is 17.2 Å². The van der Waals surface area contributed by atoms with Gasteiger partial charge in [-0.2, -0.15) is 5.26 Å². The van der Waals surface area contributed by atoms with Crippen LogP contribution in [0.2, 0.25) is 0 Å². The van der Waals surface area contributed by atoms with E-state index in [1.807, 2.05) is 6.07 Å². The minimum Gasteiger partial charge on any atom is -0.374 e. The van der Waals surface area contributed by atoms with Crippen LogP contribution in [0.3, 0.4) is 0 Å². The fourth-order valence-corrected chi connectivity index (χ4v) is 10.5. The molecule has 2 aliphatic rings. The Balaban J connectivity index is 1.51. The Bertz CT molecular complexity index is 1650. The van der Waals surface area contributed by atoms with Gasteiger partial charge in [-0.1, -0.05) is 18.2 Å². The van der Waals surface area contributed by atoms with Crippen LogP contribution < -0.4 is 5.32 Å². The summed E-state index contributed by atoms with van der Waals surface area (Å²) in [5, 5.41) is 12.1. The molecule has 1 saturated heterocycles. The smallest absolute Gasteiger partial charge is 0.334 e. The second-order valence-corrected chi connectivity index (χ2v) is 16.2. The van der Waals surface area contributed by atoms with Crippen molar-refractivity contribution in [2.75, 3.05) is 32.2 Å². The summed E-state index contributed by atoms with van der Waals surface area (Å²) in [6.45, 7) is 12.5. The first-order valence-electron chi connectivity index (χ1n) is 16.9. The van der Waals surface area contributed by atoms with Crippen molar-refractivity contribution < 1.29 is 36.9 Å². The molecule has 1 aromatic carbocycles. The molecule has 0 spiro atoms. The maximum absolute atomic E-state index is 13.9. The Kier molecular flexibility index (Phi) is 13.1. The number of carbonyl (C=O) groups excluding carboxylic acids is 1. The molecule has 0 radical (unpaired) electrons. The van der Waals surface area contributed by atoms with Crippen molar-refractivity contribution in [2.45, 2.75) is 96.7 Å². The number of aromatic nitrogens is 4. The van der Waals surface area contributed by atoms with Gasteiger partial charge < -0.3 is 32.9 Å². The van der Waals surface area contributed by atoms with E-state index < -0.39 is 46.3 Å². The quantitative estimate of drug-likeness (QED) is 0.114. The number of hydrogen-bond acceptors (Lipinski definition) is 13. The summed E-state index contributed by atoms with van der Waals surface area (Å²) in [5.41, 5.74) is 0.856. The highest BCUT2D eigenvalue weighted by Gasteiger charge is 2.63. The van der Waals surface area contributed by atoms with E-state index in [9.17, 15) is 14.6 Å². The van der Waals surface area contributed by atoms with Crippen LogP contribution in [-0.4, -0.2) is 93.1 Å². The van der Waals surface area contributed by atoms with Gasteiger partial charge in [0.15, 0.2) is 23.2 Å². The van der Waals surface area contributed by atoms with Gasteiger partial charge in [0.05, 0.1) is 50.4 Å². The second-order valence-electron chi connectivity index (χ2n) is 12.5. The largest absolute Gasteiger partial charge is 0.374 e. The van der Waals surface area contributed by atoms with Gasteiger partial charge in [-0.25, -0.2) is 19.6 Å². The second kappa shape index (κ2) is 17.1. The number of imidazole rings is 1. The molecule has 7 unspecified atom stereocenters. The van der Waals surface area contributed by atoms with Crippen LogP contribution in [0.15, 0.2) is 43.0 Å². The van der Waals surface area contributed by atoms with Crippen LogP contribution in [0.1, 0.15) is 71.0 Å². The third-order valence-corrected chi connectivity index (χ3v) is 13.3. The Morgan fingerprint density at radius 1 is 1.12 bits per heavy atom. The molecule has 272 valence electrons. The van der Waals surface area contributed by atoms with E-state index in [1.165, 1.54) is 6.33 Å². The lowest BCUT2D eigenvalue weighted by molar-refractivity contribution is -0.0526. The summed E-state index contributed by atoms with van der Waals surface area (Å²) < 4.78 is 55.4. The fourth-order valence-electron chi connectivity index (χ4n) is 6.41. The van der Waals surface area contributed by atoms with Crippen LogP contribution in [0.4, 0.5) is 5.82 Å². The van der Waals surface area contributed by atoms with Crippen LogP contribution in [0.25, 0.3) is 11.2 Å². The highest BCUT2D eigenvalue weighted by molar-refractivity contribution is 7.55. The van der Waals surface area contributed by atoms with E-state index in [2.05, 4.69) is 58.7 Å². The standard InChI is InChI=1S/C33H47N7O8P2/c1-8-45-50(42,46-9-2)25-18-24(25)27-28(48-49(44-17-13-16-34)40(21(3)4)22(5)6)29(43-7)33(47-27)39-20-37-26-30(35-19-36-31(26)39)38-32(41)23-14-11-10-12-15-23/h10-12,14-15,19-22,24-25,27-29,33H,8-9,13,17-18H2,1-7H3,(H,35,36,38,41). The lowest BCUT2D eigenvalue weighted by atomic mass is 10.1. The molecule has 1 saturated carbocycles. The maximum Gasteiger partial charge on any atom is 0.334 e. The first kappa shape index (κ1) is 38.3. The number of nitriles is 1. The number of benzene rings is 1. The molecule has 5 rings (SSSR count). The van der Waals surface area contributed by atoms with Gasteiger partial charge in [0.2, 0.25) is 0 Å². The third kappa shape index (κ3) is 8.26. The van der Waals surface area contributed by atoms with E-state index in [4.69, 9.17) is 27.6 Å². The minimum atomic E-state index is -3.44. The van der Waals surface area contributed by atoms with E-state index in [0.29, 0.717) is 23.1 Å². The first-order chi connectivity index (χ1) is 24.1. The van der Waals surface area contributed by atoms with Crippen molar-refractivity contribution >= 4 is 39.0 Å². The summed E-state index contributed by atoms with van der Waals surface area (Å²) in [5.74, 6) is -0.327. The molecule has 17 heteroatoms. The fraction of sp³-hybridized carbons (Fsp3) is 0.606. The van der Waals surface area contributed by atoms with Crippen molar-refractivity contribution in [3.05, 3.63) is 48.5 Å². The number of methoxy groups -OCH3 is 1. The van der Waals surface area contributed by atoms with Crippen LogP contribution >= 0.6 is 16.1 Å². The molecule has 50 heavy (non-hydrogen) atoms. The number of carbonyl (C=O) groups is 1. The molecular weight excluding hydrogens is 684 g/mol. The zero-order valence-corrected chi connectivity index (χ0v) is 31.3. The number of anilines is 1. The number of fused-ring (bicyclic) bond motifs is 1. The summed E-state index contributed by atoms with van der Waals surface area (Å²) in [4.78, 5) is 26.4. The summed E-state index contributed by atoms with van der Waals surface area (Å²) in [7, 11) is -3.56. The van der Waals surface area contributed by atoms with Crippen molar-refractivity contribution in [1.82, 2.24) is 24.2 Å². The van der Waals surface area contributed by atoms with Gasteiger partial charge in [-0.3, -0.25) is 13.9 Å². The normalized spacial score (nSPS) is 24.3. The number of amides is 1. The van der Waals surface area contributed by atoms with E-state index in [0.717, 1.165) is 0 Å². The molecule has 2 fully saturated rings. The zero-order valence-electron chi connectivity index (χ0n) is 29.5. The average Bonchev–Trinajstić information content (AvgIpc) is 3.66. The summed E-state index contributed by atoms with van der Waals surface area (Å²) >= 11 is 0. The SMILES string of the molecule is CCOP(=O)(OCC)C1CC1C1OC(n2cnc3c(NC(=O)c4ccccc4)ncnc32)C(OC)C1OP(OCCC#N)N(C(C)C)C(C)C. The molecule has 0 bridgehead atoms. The Morgan fingerprint density at radius 2 is 1.82 bits per heavy atom. The Labute approximate surface area is 294 Å². The zero-order chi connectivity index (χ0) is 36.0. The van der Waals surface area contributed by atoms with Crippen LogP contribution in [0.5, 0.6) is 0 Å². The van der Waals surface area contributed by atoms with Crippen molar-refractivity contribution in [3.63, 3.8) is 0 Å². The molecule has 3 heterocycles. The monoisotopic (exact) mass is 731 g/mol. The molecule has 1 amide bonds. The number of ether oxygens (including phenoxy) is 2. The van der Waals surface area contributed by atoms with Gasteiger partial charge in [0.25, 0.3) is 14.4 Å². The summed E-state index contributed by atoms with van der Waals surface area (Å²) in [6, 6.07) is 11.1. The number of nitrogens with one attached hydrogen (secondary N) is 1. The maximum atomic E-state index is 13.9. The third-order valence-electron chi connectivity index (χ3n) is 8.52. The predicted octanol–water partition coefficient (Wildman–Crippen LogP) is 6.31. The van der Waals surface area contributed by atoms with Gasteiger partial charge in [0.1, 0.15) is 18.5 Å². The van der Waals surface area contributed by atoms with Crippen LogP contribution in [-0.2, 0) is 32.1 Å². The Hall–Kier alpha value is -2.89. The van der Waals surface area contributed by atoms with Crippen molar-refractivity contribution in [2.24, 2.45) is 5.92 Å². The van der Waals surface area contributed by atoms with E-state index >= 15 is 0 Å². The number of nitrogens with zero attached hydrogens (tertiary/aromatic N) is 6. The van der Waals surface area contributed by atoms with Crippen molar-refractivity contribution in [3.8, 4) is 6.07 Å². The van der Waals surface area contributed by atoms with Crippen molar-refractivity contribution in [1.29, 1.82) is 5.26 Å². The number of rotatable bonds is 18. The highest BCUT2D eigenvalue weighted by atomic mass is 31.2. The van der Waals surface area contributed by atoms with Gasteiger partial charge >= 0.3 is 7.60 Å². The Morgan fingerprint density at radius 3 is 2.44 bits per heavy atom. The van der Waals surface area contributed by atoms with Gasteiger partial charge in [-0.15, -0.1) is 0 Å². The molecule has 1 N–H and O–H groups in total. The summed E-state index contributed by atoms with van der Waals surface area (Å²) in [6.07, 6.45) is 0.894. The van der Waals surface area contributed by atoms with Gasteiger partial charge in [-0.05, 0) is 60.1 Å². The molecular formula is C33H47N7O8P2. The molecule has 1 aliphatic carbocycles. The van der Waals surface area contributed by atoms with Gasteiger partial charge in [0, 0.05) is 30.7 Å². The average molecular weight is 732 g/mol. The lowest BCUT2D eigenvalue weighted by Gasteiger charge is -2.38. The van der Waals surface area contributed by atoms with E-state index in [1.54, 1.807) is 56.1 Å². The molecule has 3 aromatic rings.